The summed E-state index contributed by atoms with van der Waals surface area (Å²) in [5.74, 6) is -0.524. The van der Waals surface area contributed by atoms with Crippen molar-refractivity contribution in [1.82, 2.24) is 4.98 Å². The number of carbonyl (C=O) groups excluding carboxylic acids is 2. The first kappa shape index (κ1) is 17.5. The summed E-state index contributed by atoms with van der Waals surface area (Å²) in [7, 11) is 0. The van der Waals surface area contributed by atoms with Crippen LogP contribution >= 0.6 is 22.9 Å². The first-order valence-electron chi connectivity index (χ1n) is 7.44. The van der Waals surface area contributed by atoms with Gasteiger partial charge in [0.1, 0.15) is 5.02 Å². The van der Waals surface area contributed by atoms with Gasteiger partial charge in [-0.25, -0.2) is 4.98 Å². The standard InChI is InChI=1S/C16H14ClN3O4S/c1-16(2)6-10-13(12(21)7-16)25-15(18-10)19-14(22)8-3-4-9(17)11(5-8)20(23)24/h3-5H,6-7H2,1-2H3,(H,18,19,22). The molecule has 1 heterocycles. The van der Waals surface area contributed by atoms with Gasteiger partial charge in [-0.1, -0.05) is 36.8 Å². The molecule has 1 N–H and O–H groups in total. The van der Waals surface area contributed by atoms with Gasteiger partial charge in [0.25, 0.3) is 11.6 Å². The third-order valence-electron chi connectivity index (χ3n) is 3.86. The van der Waals surface area contributed by atoms with Crippen LogP contribution in [0.15, 0.2) is 18.2 Å². The van der Waals surface area contributed by atoms with E-state index in [-0.39, 0.29) is 27.5 Å². The topological polar surface area (TPSA) is 102 Å². The van der Waals surface area contributed by atoms with Crippen LogP contribution in [0.25, 0.3) is 0 Å². The van der Waals surface area contributed by atoms with Crippen molar-refractivity contribution in [1.29, 1.82) is 0 Å². The highest BCUT2D eigenvalue weighted by Gasteiger charge is 2.34. The average molecular weight is 380 g/mol. The summed E-state index contributed by atoms with van der Waals surface area (Å²) in [6.07, 6.45) is 1.10. The SMILES string of the molecule is CC1(C)CC(=O)c2sc(NC(=O)c3ccc(Cl)c([N+](=O)[O-])c3)nc2C1. The number of hydrogen-bond acceptors (Lipinski definition) is 6. The molecule has 130 valence electrons. The molecule has 7 nitrogen and oxygen atoms in total. The molecular formula is C16H14ClN3O4S. The summed E-state index contributed by atoms with van der Waals surface area (Å²) in [6, 6.07) is 3.80. The van der Waals surface area contributed by atoms with E-state index >= 15 is 0 Å². The number of amides is 1. The molecule has 0 radical (unpaired) electrons. The monoisotopic (exact) mass is 379 g/mol. The number of halogens is 1. The number of nitro benzene ring substituents is 1. The fraction of sp³-hybridized carbons (Fsp3) is 0.312. The molecule has 25 heavy (non-hydrogen) atoms. The van der Waals surface area contributed by atoms with Gasteiger partial charge in [0, 0.05) is 18.1 Å². The van der Waals surface area contributed by atoms with E-state index in [0.717, 1.165) is 17.4 Å². The van der Waals surface area contributed by atoms with Crippen molar-refractivity contribution < 1.29 is 14.5 Å². The molecule has 0 bridgehead atoms. The number of ketones is 1. The Morgan fingerprint density at radius 1 is 1.40 bits per heavy atom. The quantitative estimate of drug-likeness (QED) is 0.638. The van der Waals surface area contributed by atoms with Crippen molar-refractivity contribution in [3.05, 3.63) is 49.5 Å². The Morgan fingerprint density at radius 3 is 2.80 bits per heavy atom. The number of nitrogens with one attached hydrogen (secondary N) is 1. The Hall–Kier alpha value is -2.32. The summed E-state index contributed by atoms with van der Waals surface area (Å²) in [4.78, 5) is 39.7. The number of hydrogen-bond donors (Lipinski definition) is 1. The van der Waals surface area contributed by atoms with Crippen LogP contribution in [0.2, 0.25) is 5.02 Å². The number of nitro groups is 1. The average Bonchev–Trinajstić information content (AvgIpc) is 2.88. The number of thiazole rings is 1. The van der Waals surface area contributed by atoms with Gasteiger partial charge in [0.2, 0.25) is 0 Å². The molecule has 2 aromatic rings. The summed E-state index contributed by atoms with van der Waals surface area (Å²) < 4.78 is 0. The molecule has 0 atom stereocenters. The number of fused-ring (bicyclic) bond motifs is 1. The maximum Gasteiger partial charge on any atom is 0.288 e. The van der Waals surface area contributed by atoms with Crippen molar-refractivity contribution in [3.63, 3.8) is 0 Å². The van der Waals surface area contributed by atoms with Crippen LogP contribution in [0, 0.1) is 15.5 Å². The molecular weight excluding hydrogens is 366 g/mol. The number of nitrogens with zero attached hydrogens (tertiary/aromatic N) is 2. The van der Waals surface area contributed by atoms with Gasteiger partial charge < -0.3 is 0 Å². The van der Waals surface area contributed by atoms with Gasteiger partial charge in [0.15, 0.2) is 10.9 Å². The Bertz CT molecular complexity index is 907. The summed E-state index contributed by atoms with van der Waals surface area (Å²) in [5, 5.41) is 13.8. The molecule has 1 aromatic carbocycles. The number of aromatic nitrogens is 1. The molecule has 0 spiro atoms. The van der Waals surface area contributed by atoms with Crippen LogP contribution in [0.4, 0.5) is 10.8 Å². The van der Waals surface area contributed by atoms with Gasteiger partial charge in [-0.2, -0.15) is 0 Å². The highest BCUT2D eigenvalue weighted by atomic mass is 35.5. The predicted octanol–water partition coefficient (Wildman–Crippen LogP) is 4.11. The van der Waals surface area contributed by atoms with E-state index in [2.05, 4.69) is 10.3 Å². The fourth-order valence-corrected chi connectivity index (χ4v) is 3.84. The highest BCUT2D eigenvalue weighted by molar-refractivity contribution is 7.17. The molecule has 1 aromatic heterocycles. The molecule has 1 aliphatic rings. The third kappa shape index (κ3) is 3.54. The second kappa shape index (κ2) is 6.20. The number of carbonyl (C=O) groups is 2. The number of rotatable bonds is 3. The molecule has 9 heteroatoms. The molecule has 0 aliphatic heterocycles. The van der Waals surface area contributed by atoms with E-state index in [1.54, 1.807) is 0 Å². The molecule has 1 aliphatic carbocycles. The Balaban J connectivity index is 1.84. The van der Waals surface area contributed by atoms with E-state index in [1.807, 2.05) is 13.8 Å². The minimum Gasteiger partial charge on any atom is -0.298 e. The zero-order chi connectivity index (χ0) is 18.4. The Kier molecular flexibility index (Phi) is 4.34. The first-order valence-corrected chi connectivity index (χ1v) is 8.64. The lowest BCUT2D eigenvalue weighted by Crippen LogP contribution is -2.26. The van der Waals surface area contributed by atoms with Crippen molar-refractivity contribution >= 4 is 45.4 Å². The normalized spacial score (nSPS) is 15.6. The van der Waals surface area contributed by atoms with Crippen LogP contribution in [-0.2, 0) is 6.42 Å². The minimum absolute atomic E-state index is 0.0198. The van der Waals surface area contributed by atoms with E-state index in [0.29, 0.717) is 28.5 Å². The zero-order valence-corrected chi connectivity index (χ0v) is 15.0. The molecule has 0 saturated heterocycles. The van der Waals surface area contributed by atoms with Crippen molar-refractivity contribution in [2.24, 2.45) is 5.41 Å². The summed E-state index contributed by atoms with van der Waals surface area (Å²) in [6.45, 7) is 4.00. The predicted molar refractivity (Wildman–Crippen MR) is 94.6 cm³/mol. The lowest BCUT2D eigenvalue weighted by molar-refractivity contribution is -0.384. The molecule has 0 saturated carbocycles. The maximum atomic E-state index is 12.3. The van der Waals surface area contributed by atoms with E-state index in [9.17, 15) is 19.7 Å². The molecule has 1 amide bonds. The van der Waals surface area contributed by atoms with Crippen molar-refractivity contribution in [3.8, 4) is 0 Å². The molecule has 0 fully saturated rings. The van der Waals surface area contributed by atoms with Crippen molar-refractivity contribution in [2.45, 2.75) is 26.7 Å². The second-order valence-corrected chi connectivity index (χ2v) is 8.02. The largest absolute Gasteiger partial charge is 0.298 e. The van der Waals surface area contributed by atoms with Crippen LogP contribution < -0.4 is 5.32 Å². The van der Waals surface area contributed by atoms with Crippen LogP contribution in [-0.4, -0.2) is 21.6 Å². The van der Waals surface area contributed by atoms with Crippen LogP contribution in [0.1, 0.15) is 46.0 Å². The van der Waals surface area contributed by atoms with E-state index in [4.69, 9.17) is 11.6 Å². The fourth-order valence-electron chi connectivity index (χ4n) is 2.74. The van der Waals surface area contributed by atoms with Crippen LogP contribution in [0.5, 0.6) is 0 Å². The highest BCUT2D eigenvalue weighted by Crippen LogP contribution is 2.38. The van der Waals surface area contributed by atoms with Gasteiger partial charge in [0.05, 0.1) is 15.5 Å². The smallest absolute Gasteiger partial charge is 0.288 e. The Morgan fingerprint density at radius 2 is 2.12 bits per heavy atom. The van der Waals surface area contributed by atoms with Gasteiger partial charge in [-0.15, -0.1) is 0 Å². The zero-order valence-electron chi connectivity index (χ0n) is 13.5. The third-order valence-corrected chi connectivity index (χ3v) is 5.23. The maximum absolute atomic E-state index is 12.3. The minimum atomic E-state index is -0.651. The van der Waals surface area contributed by atoms with Gasteiger partial charge >= 0.3 is 0 Å². The summed E-state index contributed by atoms with van der Waals surface area (Å²) in [5.41, 5.74) is 0.278. The Labute approximate surface area is 152 Å². The lowest BCUT2D eigenvalue weighted by Gasteiger charge is -2.26. The summed E-state index contributed by atoms with van der Waals surface area (Å²) >= 11 is 6.87. The van der Waals surface area contributed by atoms with E-state index in [1.165, 1.54) is 12.1 Å². The first-order chi connectivity index (χ1) is 11.7. The lowest BCUT2D eigenvalue weighted by atomic mass is 9.78. The molecule has 0 unspecified atom stereocenters. The molecule has 3 rings (SSSR count). The number of Topliss-reactive ketones (excluding diaryl/α,β-unsaturated/α-hetero) is 1. The number of anilines is 1. The van der Waals surface area contributed by atoms with Crippen molar-refractivity contribution in [2.75, 3.05) is 5.32 Å². The van der Waals surface area contributed by atoms with Crippen LogP contribution in [0.3, 0.4) is 0 Å². The second-order valence-electron chi connectivity index (χ2n) is 6.61. The van der Waals surface area contributed by atoms with Gasteiger partial charge in [-0.05, 0) is 24.0 Å². The van der Waals surface area contributed by atoms with Gasteiger partial charge in [-0.3, -0.25) is 25.0 Å². The van der Waals surface area contributed by atoms with E-state index < -0.39 is 10.8 Å². The number of benzene rings is 1.